The van der Waals surface area contributed by atoms with Crippen LogP contribution in [-0.4, -0.2) is 55.6 Å². The van der Waals surface area contributed by atoms with Gasteiger partial charge in [-0.3, -0.25) is 14.5 Å². The summed E-state index contributed by atoms with van der Waals surface area (Å²) in [5.41, 5.74) is -1.65. The van der Waals surface area contributed by atoms with Crippen LogP contribution in [-0.2, 0) is 10.9 Å². The van der Waals surface area contributed by atoms with Crippen molar-refractivity contribution in [2.75, 3.05) is 31.2 Å². The molecule has 0 aromatic carbocycles. The molecular weight excluding hydrogens is 403 g/mol. The van der Waals surface area contributed by atoms with Crippen LogP contribution in [0.1, 0.15) is 5.69 Å². The number of hydrogen-bond donors (Lipinski definition) is 1. The molecule has 0 radical (unpaired) electrons. The molecule has 0 atom stereocenters. The number of H-pyrrole nitrogens is 1. The molecule has 4 rings (SSSR count). The number of hydrogen-bond acceptors (Lipinski definition) is 6. The van der Waals surface area contributed by atoms with Gasteiger partial charge in [0.05, 0.1) is 13.2 Å². The van der Waals surface area contributed by atoms with Gasteiger partial charge in [-0.15, -0.1) is 12.4 Å². The number of imidazole rings is 1. The van der Waals surface area contributed by atoms with Crippen molar-refractivity contribution < 1.29 is 17.9 Å². The summed E-state index contributed by atoms with van der Waals surface area (Å²) >= 11 is 0. The molecule has 1 N–H and O–H groups in total. The zero-order valence-corrected chi connectivity index (χ0v) is 15.1. The van der Waals surface area contributed by atoms with Crippen molar-refractivity contribution in [1.82, 2.24) is 29.3 Å². The number of nitrogens with zero attached hydrogens (tertiary/aromatic N) is 6. The fourth-order valence-corrected chi connectivity index (χ4v) is 2.74. The number of aromatic nitrogens is 6. The second-order valence-electron chi connectivity index (χ2n) is 5.80. The Labute approximate surface area is 162 Å². The highest BCUT2D eigenvalue weighted by atomic mass is 35.5. The van der Waals surface area contributed by atoms with E-state index in [9.17, 15) is 18.0 Å². The summed E-state index contributed by atoms with van der Waals surface area (Å²) in [6.07, 6.45) is -0.266. The lowest BCUT2D eigenvalue weighted by Crippen LogP contribution is -2.37. The van der Waals surface area contributed by atoms with Crippen molar-refractivity contribution in [1.29, 1.82) is 0 Å². The van der Waals surface area contributed by atoms with Crippen molar-refractivity contribution in [3.63, 3.8) is 0 Å². The Morgan fingerprint density at radius 1 is 1.11 bits per heavy atom. The molecule has 0 aliphatic carbocycles. The summed E-state index contributed by atoms with van der Waals surface area (Å²) in [5.74, 6) is 0.909. The second kappa shape index (κ2) is 7.64. The van der Waals surface area contributed by atoms with Crippen LogP contribution < -0.4 is 10.5 Å². The number of morpholine rings is 1. The van der Waals surface area contributed by atoms with Crippen molar-refractivity contribution in [2.24, 2.45) is 0 Å². The van der Waals surface area contributed by atoms with Crippen LogP contribution in [0.4, 0.5) is 19.0 Å². The van der Waals surface area contributed by atoms with E-state index in [1.54, 1.807) is 6.07 Å². The maximum absolute atomic E-state index is 12.7. The third kappa shape index (κ3) is 3.73. The highest BCUT2D eigenvalue weighted by Gasteiger charge is 2.33. The van der Waals surface area contributed by atoms with Crippen LogP contribution in [0.25, 0.3) is 11.5 Å². The summed E-state index contributed by atoms with van der Waals surface area (Å²) in [4.78, 5) is 26.2. The molecule has 0 unspecified atom stereocenters. The average Bonchev–Trinajstić information content (AvgIpc) is 3.29. The Balaban J connectivity index is 0.00000225. The first-order valence-electron chi connectivity index (χ1n) is 8.00. The van der Waals surface area contributed by atoms with Gasteiger partial charge in [0.15, 0.2) is 11.5 Å². The van der Waals surface area contributed by atoms with Gasteiger partial charge in [0.25, 0.3) is 5.56 Å². The summed E-state index contributed by atoms with van der Waals surface area (Å²) in [7, 11) is 0. The Hall–Kier alpha value is -2.86. The van der Waals surface area contributed by atoms with Crippen LogP contribution in [0.3, 0.4) is 0 Å². The van der Waals surface area contributed by atoms with Gasteiger partial charge in [0.2, 0.25) is 0 Å². The molecule has 13 heteroatoms. The van der Waals surface area contributed by atoms with Crippen LogP contribution in [0.15, 0.2) is 35.9 Å². The molecule has 0 amide bonds. The number of halogens is 4. The first kappa shape index (κ1) is 19.9. The highest BCUT2D eigenvalue weighted by molar-refractivity contribution is 5.85. The number of aromatic amines is 1. The minimum atomic E-state index is -4.58. The molecule has 9 nitrogen and oxygen atoms in total. The predicted molar refractivity (Wildman–Crippen MR) is 94.4 cm³/mol. The molecule has 0 bridgehead atoms. The molecule has 3 aromatic rings. The fourth-order valence-electron chi connectivity index (χ4n) is 2.74. The lowest BCUT2D eigenvalue weighted by Gasteiger charge is -2.27. The van der Waals surface area contributed by atoms with E-state index in [0.29, 0.717) is 32.1 Å². The van der Waals surface area contributed by atoms with Gasteiger partial charge in [0, 0.05) is 31.5 Å². The summed E-state index contributed by atoms with van der Waals surface area (Å²) in [6, 6.07) is 1.63. The van der Waals surface area contributed by atoms with Gasteiger partial charge in [0.1, 0.15) is 24.2 Å². The van der Waals surface area contributed by atoms with E-state index in [4.69, 9.17) is 4.74 Å². The van der Waals surface area contributed by atoms with E-state index < -0.39 is 17.4 Å². The molecule has 1 saturated heterocycles. The quantitative estimate of drug-likeness (QED) is 0.692. The third-order valence-corrected chi connectivity index (χ3v) is 4.11. The van der Waals surface area contributed by atoms with E-state index in [2.05, 4.69) is 20.1 Å². The highest BCUT2D eigenvalue weighted by Crippen LogP contribution is 2.27. The van der Waals surface area contributed by atoms with E-state index in [0.717, 1.165) is 21.8 Å². The Morgan fingerprint density at radius 2 is 1.82 bits per heavy atom. The Morgan fingerprint density at radius 3 is 2.50 bits per heavy atom. The summed E-state index contributed by atoms with van der Waals surface area (Å²) in [5, 5.41) is 2.71. The van der Waals surface area contributed by atoms with E-state index in [1.807, 2.05) is 4.90 Å². The first-order valence-corrected chi connectivity index (χ1v) is 8.00. The molecule has 3 aromatic heterocycles. The maximum Gasteiger partial charge on any atom is 0.434 e. The van der Waals surface area contributed by atoms with Crippen LogP contribution in [0, 0.1) is 0 Å². The average molecular weight is 418 g/mol. The minimum absolute atomic E-state index is 0. The third-order valence-electron chi connectivity index (χ3n) is 4.11. The van der Waals surface area contributed by atoms with E-state index in [-0.39, 0.29) is 23.9 Å². The molecule has 1 fully saturated rings. The van der Waals surface area contributed by atoms with Gasteiger partial charge in [-0.1, -0.05) is 0 Å². The molecule has 4 heterocycles. The fraction of sp³-hybridized carbons (Fsp3) is 0.333. The second-order valence-corrected chi connectivity index (χ2v) is 5.80. The van der Waals surface area contributed by atoms with Crippen molar-refractivity contribution in [2.45, 2.75) is 6.18 Å². The molecule has 0 spiro atoms. The summed E-state index contributed by atoms with van der Waals surface area (Å²) in [6.45, 7) is 2.48. The topological polar surface area (TPSA) is 93.9 Å². The zero-order chi connectivity index (χ0) is 19.0. The lowest BCUT2D eigenvalue weighted by atomic mass is 10.4. The smallest absolute Gasteiger partial charge is 0.378 e. The first-order chi connectivity index (χ1) is 12.9. The van der Waals surface area contributed by atoms with Gasteiger partial charge >= 0.3 is 6.18 Å². The van der Waals surface area contributed by atoms with Crippen LogP contribution >= 0.6 is 12.4 Å². The lowest BCUT2D eigenvalue weighted by molar-refractivity contribution is -0.140. The Bertz CT molecular complexity index is 1010. The van der Waals surface area contributed by atoms with Crippen molar-refractivity contribution >= 4 is 18.2 Å². The molecule has 1 aliphatic heterocycles. The van der Waals surface area contributed by atoms with E-state index in [1.165, 1.54) is 12.5 Å². The van der Waals surface area contributed by atoms with Gasteiger partial charge in [-0.2, -0.15) is 17.9 Å². The Kier molecular flexibility index (Phi) is 5.42. The number of ether oxygens (including phenoxy) is 1. The number of anilines is 1. The van der Waals surface area contributed by atoms with Crippen molar-refractivity contribution in [3.05, 3.63) is 47.2 Å². The van der Waals surface area contributed by atoms with Gasteiger partial charge in [-0.05, 0) is 0 Å². The number of nitrogens with one attached hydrogen (secondary N) is 1. The molecule has 28 heavy (non-hydrogen) atoms. The number of rotatable bonds is 3. The van der Waals surface area contributed by atoms with Crippen molar-refractivity contribution in [3.8, 4) is 11.5 Å². The molecular formula is C15H15ClF3N7O2. The largest absolute Gasteiger partial charge is 0.434 e. The molecule has 1 aliphatic rings. The van der Waals surface area contributed by atoms with Crippen LogP contribution in [0.2, 0.25) is 0 Å². The van der Waals surface area contributed by atoms with Crippen LogP contribution in [0.5, 0.6) is 0 Å². The molecule has 150 valence electrons. The zero-order valence-electron chi connectivity index (χ0n) is 14.3. The standard InChI is InChI=1S/C15H14F3N7O2.ClH/c16-15(17,18)11-7-24(9-21-11)10-6-22-25(14(10)26)13-5-12(19-8-20-13)23-1-3-27-4-2-23;/h5-9,22H,1-4H2;1H. The maximum atomic E-state index is 12.7. The minimum Gasteiger partial charge on any atom is -0.378 e. The predicted octanol–water partition coefficient (Wildman–Crippen LogP) is 1.42. The molecule has 0 saturated carbocycles. The normalized spacial score (nSPS) is 14.8. The summed E-state index contributed by atoms with van der Waals surface area (Å²) < 4.78 is 45.6. The van der Waals surface area contributed by atoms with E-state index >= 15 is 0 Å². The van der Waals surface area contributed by atoms with Gasteiger partial charge in [-0.25, -0.2) is 15.0 Å². The number of alkyl halides is 3. The van der Waals surface area contributed by atoms with Gasteiger partial charge < -0.3 is 9.64 Å². The monoisotopic (exact) mass is 417 g/mol. The SMILES string of the molecule is Cl.O=c1c(-n2cnc(C(F)(F)F)c2)c[nH]n1-c1cc(N2CCOCC2)ncn1.